The number of rotatable bonds is 5. The number of thiazole rings is 1. The van der Waals surface area contributed by atoms with Crippen LogP contribution in [0.25, 0.3) is 0 Å². The van der Waals surface area contributed by atoms with E-state index < -0.39 is 0 Å². The van der Waals surface area contributed by atoms with Gasteiger partial charge in [0.1, 0.15) is 9.34 Å². The number of para-hydroxylation sites is 1. The molecule has 3 rings (SSSR count). The van der Waals surface area contributed by atoms with E-state index in [0.29, 0.717) is 10.9 Å². The highest BCUT2D eigenvalue weighted by molar-refractivity contribution is 7.15. The molecule has 0 aliphatic heterocycles. The third-order valence-corrected chi connectivity index (χ3v) is 3.98. The van der Waals surface area contributed by atoms with Gasteiger partial charge in [-0.1, -0.05) is 29.8 Å². The quantitative estimate of drug-likeness (QED) is 0.782. The monoisotopic (exact) mass is 304 g/mol. The largest absolute Gasteiger partial charge is 0.378 e. The Kier molecular flexibility index (Phi) is 3.99. The summed E-state index contributed by atoms with van der Waals surface area (Å²) in [6, 6.07) is 10.1. The van der Waals surface area contributed by atoms with Crippen LogP contribution >= 0.6 is 22.9 Å². The predicted molar refractivity (Wildman–Crippen MR) is 82.2 cm³/mol. The van der Waals surface area contributed by atoms with E-state index in [4.69, 9.17) is 11.6 Å². The highest BCUT2D eigenvalue weighted by Gasteiger charge is 2.04. The summed E-state index contributed by atoms with van der Waals surface area (Å²) in [7, 11) is 0. The molecule has 2 aromatic heterocycles. The highest BCUT2D eigenvalue weighted by Crippen LogP contribution is 2.21. The molecular weight excluding hydrogens is 292 g/mol. The van der Waals surface area contributed by atoms with E-state index in [-0.39, 0.29) is 0 Å². The van der Waals surface area contributed by atoms with Gasteiger partial charge in [-0.3, -0.25) is 4.68 Å². The second-order valence-electron chi connectivity index (χ2n) is 4.27. The van der Waals surface area contributed by atoms with Crippen molar-refractivity contribution in [1.82, 2.24) is 14.8 Å². The van der Waals surface area contributed by atoms with Gasteiger partial charge < -0.3 is 5.32 Å². The van der Waals surface area contributed by atoms with Crippen molar-refractivity contribution in [1.29, 1.82) is 0 Å². The topological polar surface area (TPSA) is 42.7 Å². The normalized spacial score (nSPS) is 10.7. The van der Waals surface area contributed by atoms with Gasteiger partial charge in [0.2, 0.25) is 0 Å². The van der Waals surface area contributed by atoms with Crippen LogP contribution in [0.15, 0.2) is 48.9 Å². The summed E-state index contributed by atoms with van der Waals surface area (Å²) in [4.78, 5) is 4.24. The first-order chi connectivity index (χ1) is 9.81. The molecule has 0 atom stereocenters. The molecule has 0 aliphatic carbocycles. The van der Waals surface area contributed by atoms with Gasteiger partial charge in [-0.05, 0) is 17.7 Å². The Hall–Kier alpha value is -1.85. The van der Waals surface area contributed by atoms with Crippen LogP contribution < -0.4 is 5.32 Å². The van der Waals surface area contributed by atoms with Gasteiger partial charge in [0.15, 0.2) is 0 Å². The van der Waals surface area contributed by atoms with Crippen LogP contribution in [-0.2, 0) is 13.1 Å². The molecule has 20 heavy (non-hydrogen) atoms. The Bertz CT molecular complexity index is 678. The second-order valence-corrected chi connectivity index (χ2v) is 6.02. The molecule has 0 saturated heterocycles. The number of hydrogen-bond donors (Lipinski definition) is 1. The SMILES string of the molecule is Clc1cnc(CNc2ccccc2Cn2cccn2)s1. The number of nitrogens with one attached hydrogen (secondary N) is 1. The van der Waals surface area contributed by atoms with E-state index in [9.17, 15) is 0 Å². The standard InChI is InChI=1S/C14H13ClN4S/c15-13-8-17-14(20-13)9-16-12-5-2-1-4-11(12)10-19-7-3-6-18-19/h1-8,16H,9-10H2. The van der Waals surface area contributed by atoms with E-state index in [2.05, 4.69) is 27.5 Å². The minimum atomic E-state index is 0.674. The Balaban J connectivity index is 1.72. The van der Waals surface area contributed by atoms with E-state index in [1.165, 1.54) is 16.9 Å². The van der Waals surface area contributed by atoms with Crippen LogP contribution in [0.1, 0.15) is 10.6 Å². The van der Waals surface area contributed by atoms with Crippen LogP contribution in [-0.4, -0.2) is 14.8 Å². The van der Waals surface area contributed by atoms with Crippen molar-refractivity contribution in [2.24, 2.45) is 0 Å². The molecule has 4 nitrogen and oxygen atoms in total. The molecule has 0 aliphatic rings. The van der Waals surface area contributed by atoms with Crippen LogP contribution in [0, 0.1) is 0 Å². The number of anilines is 1. The zero-order valence-corrected chi connectivity index (χ0v) is 12.2. The Morgan fingerprint density at radius 3 is 2.90 bits per heavy atom. The van der Waals surface area contributed by atoms with Crippen molar-refractivity contribution in [2.45, 2.75) is 13.1 Å². The first kappa shape index (κ1) is 13.1. The first-order valence-electron chi connectivity index (χ1n) is 6.21. The minimum absolute atomic E-state index is 0.674. The number of nitrogens with zero attached hydrogens (tertiary/aromatic N) is 3. The van der Waals surface area contributed by atoms with Crippen molar-refractivity contribution in [2.75, 3.05) is 5.32 Å². The van der Waals surface area contributed by atoms with Gasteiger partial charge in [0.25, 0.3) is 0 Å². The summed E-state index contributed by atoms with van der Waals surface area (Å²) in [5.41, 5.74) is 2.29. The third kappa shape index (κ3) is 3.18. The molecule has 1 aromatic carbocycles. The molecule has 1 N–H and O–H groups in total. The molecule has 0 amide bonds. The molecule has 0 bridgehead atoms. The average molecular weight is 305 g/mol. The van der Waals surface area contributed by atoms with Gasteiger partial charge in [0, 0.05) is 18.1 Å². The molecule has 102 valence electrons. The predicted octanol–water partition coefficient (Wildman–Crippen LogP) is 3.65. The molecule has 0 fully saturated rings. The van der Waals surface area contributed by atoms with Gasteiger partial charge in [-0.2, -0.15) is 5.10 Å². The zero-order valence-electron chi connectivity index (χ0n) is 10.7. The number of aromatic nitrogens is 3. The van der Waals surface area contributed by atoms with E-state index in [0.717, 1.165) is 17.2 Å². The number of benzene rings is 1. The molecular formula is C14H13ClN4S. The smallest absolute Gasteiger partial charge is 0.113 e. The van der Waals surface area contributed by atoms with E-state index in [1.807, 2.05) is 29.1 Å². The summed E-state index contributed by atoms with van der Waals surface area (Å²) in [6.45, 7) is 1.42. The lowest BCUT2D eigenvalue weighted by molar-refractivity contribution is 0.687. The lowest BCUT2D eigenvalue weighted by atomic mass is 10.2. The molecule has 0 unspecified atom stereocenters. The number of hydrogen-bond acceptors (Lipinski definition) is 4. The summed E-state index contributed by atoms with van der Waals surface area (Å²) in [6.07, 6.45) is 5.42. The summed E-state index contributed by atoms with van der Waals surface area (Å²) >= 11 is 7.38. The Morgan fingerprint density at radius 2 is 2.15 bits per heavy atom. The van der Waals surface area contributed by atoms with Crippen LogP contribution in [0.2, 0.25) is 4.34 Å². The summed E-state index contributed by atoms with van der Waals surface area (Å²) in [5, 5.41) is 8.61. The maximum atomic E-state index is 5.88. The lowest BCUT2D eigenvalue weighted by Gasteiger charge is -2.11. The fourth-order valence-electron chi connectivity index (χ4n) is 1.94. The van der Waals surface area contributed by atoms with Crippen molar-refractivity contribution in [3.63, 3.8) is 0 Å². The third-order valence-electron chi connectivity index (χ3n) is 2.86. The maximum Gasteiger partial charge on any atom is 0.113 e. The van der Waals surface area contributed by atoms with Crippen LogP contribution in [0.4, 0.5) is 5.69 Å². The molecule has 0 radical (unpaired) electrons. The number of halogens is 1. The first-order valence-corrected chi connectivity index (χ1v) is 7.40. The Labute approximate surface area is 126 Å². The van der Waals surface area contributed by atoms with Crippen molar-refractivity contribution >= 4 is 28.6 Å². The van der Waals surface area contributed by atoms with Crippen molar-refractivity contribution in [3.8, 4) is 0 Å². The van der Waals surface area contributed by atoms with Gasteiger partial charge in [-0.15, -0.1) is 11.3 Å². The Morgan fingerprint density at radius 1 is 1.25 bits per heavy atom. The molecule has 0 saturated carbocycles. The molecule has 3 aromatic rings. The summed E-state index contributed by atoms with van der Waals surface area (Å²) in [5.74, 6) is 0. The summed E-state index contributed by atoms with van der Waals surface area (Å²) < 4.78 is 2.62. The lowest BCUT2D eigenvalue weighted by Crippen LogP contribution is -2.06. The molecule has 0 spiro atoms. The molecule has 6 heteroatoms. The van der Waals surface area contributed by atoms with Gasteiger partial charge >= 0.3 is 0 Å². The maximum absolute atomic E-state index is 5.88. The zero-order chi connectivity index (χ0) is 13.8. The fourth-order valence-corrected chi connectivity index (χ4v) is 2.84. The van der Waals surface area contributed by atoms with Crippen molar-refractivity contribution < 1.29 is 0 Å². The van der Waals surface area contributed by atoms with Crippen LogP contribution in [0.3, 0.4) is 0 Å². The fraction of sp³-hybridized carbons (Fsp3) is 0.143. The van der Waals surface area contributed by atoms with Crippen LogP contribution in [0.5, 0.6) is 0 Å². The van der Waals surface area contributed by atoms with Gasteiger partial charge in [-0.25, -0.2) is 4.98 Å². The minimum Gasteiger partial charge on any atom is -0.378 e. The van der Waals surface area contributed by atoms with Crippen molar-refractivity contribution in [3.05, 3.63) is 63.8 Å². The second kappa shape index (κ2) is 6.07. The van der Waals surface area contributed by atoms with E-state index >= 15 is 0 Å². The highest BCUT2D eigenvalue weighted by atomic mass is 35.5. The molecule has 2 heterocycles. The van der Waals surface area contributed by atoms with E-state index in [1.54, 1.807) is 12.4 Å². The average Bonchev–Trinajstić information content (AvgIpc) is 3.10. The van der Waals surface area contributed by atoms with Gasteiger partial charge in [0.05, 0.1) is 19.3 Å².